The molecular weight excluding hydrogens is 210 g/mol. The van der Waals surface area contributed by atoms with Crippen molar-refractivity contribution in [1.82, 2.24) is 0 Å². The molecule has 1 aliphatic rings. The highest BCUT2D eigenvalue weighted by Crippen LogP contribution is 2.29. The molecule has 0 radical (unpaired) electrons. The summed E-state index contributed by atoms with van der Waals surface area (Å²) in [7, 11) is 0. The van der Waals surface area contributed by atoms with Crippen LogP contribution in [-0.4, -0.2) is 6.10 Å². The lowest BCUT2D eigenvalue weighted by Crippen LogP contribution is -1.95. The third kappa shape index (κ3) is 2.41. The Bertz CT molecular complexity index is 515. The number of benzene rings is 2. The average molecular weight is 225 g/mol. The van der Waals surface area contributed by atoms with Crippen molar-refractivity contribution in [2.75, 3.05) is 5.73 Å². The fourth-order valence-corrected chi connectivity index (χ4v) is 1.80. The molecule has 1 saturated carbocycles. The molecule has 0 heterocycles. The van der Waals surface area contributed by atoms with Crippen LogP contribution in [0, 0.1) is 0 Å². The highest BCUT2D eigenvalue weighted by atomic mass is 16.5. The Hall–Kier alpha value is -1.96. The molecular formula is C15H15NO. The number of hydrogen-bond donors (Lipinski definition) is 1. The molecule has 0 bridgehead atoms. The number of anilines is 1. The molecule has 1 aliphatic carbocycles. The molecule has 2 N–H and O–H groups in total. The maximum Gasteiger partial charge on any atom is 0.120 e. The van der Waals surface area contributed by atoms with Crippen LogP contribution in [0.1, 0.15) is 12.8 Å². The largest absolute Gasteiger partial charge is 0.490 e. The van der Waals surface area contributed by atoms with Gasteiger partial charge in [-0.1, -0.05) is 24.3 Å². The van der Waals surface area contributed by atoms with Crippen molar-refractivity contribution in [1.29, 1.82) is 0 Å². The summed E-state index contributed by atoms with van der Waals surface area (Å²) in [6.45, 7) is 0. The molecule has 2 nitrogen and oxygen atoms in total. The van der Waals surface area contributed by atoms with Crippen molar-refractivity contribution in [2.24, 2.45) is 0 Å². The number of hydrogen-bond acceptors (Lipinski definition) is 2. The van der Waals surface area contributed by atoms with E-state index in [4.69, 9.17) is 10.5 Å². The molecule has 2 heteroatoms. The Morgan fingerprint density at radius 3 is 2.41 bits per heavy atom. The van der Waals surface area contributed by atoms with Crippen LogP contribution in [-0.2, 0) is 0 Å². The van der Waals surface area contributed by atoms with E-state index in [-0.39, 0.29) is 0 Å². The summed E-state index contributed by atoms with van der Waals surface area (Å²) in [5.41, 5.74) is 8.81. The van der Waals surface area contributed by atoms with E-state index in [0.29, 0.717) is 6.10 Å². The zero-order valence-corrected chi connectivity index (χ0v) is 9.60. The van der Waals surface area contributed by atoms with Gasteiger partial charge in [0.05, 0.1) is 6.10 Å². The summed E-state index contributed by atoms with van der Waals surface area (Å²) in [4.78, 5) is 0. The van der Waals surface area contributed by atoms with Gasteiger partial charge in [0.2, 0.25) is 0 Å². The van der Waals surface area contributed by atoms with Gasteiger partial charge in [-0.2, -0.15) is 0 Å². The van der Waals surface area contributed by atoms with Gasteiger partial charge in [-0.05, 0) is 48.2 Å². The third-order valence-electron chi connectivity index (χ3n) is 2.91. The minimum absolute atomic E-state index is 0.441. The molecule has 1 fully saturated rings. The molecule has 2 aromatic carbocycles. The zero-order valence-electron chi connectivity index (χ0n) is 9.60. The zero-order chi connectivity index (χ0) is 11.7. The fourth-order valence-electron chi connectivity index (χ4n) is 1.80. The van der Waals surface area contributed by atoms with E-state index in [9.17, 15) is 0 Å². The lowest BCUT2D eigenvalue weighted by molar-refractivity contribution is 0.303. The van der Waals surface area contributed by atoms with E-state index in [1.807, 2.05) is 36.4 Å². The van der Waals surface area contributed by atoms with Crippen LogP contribution in [0.5, 0.6) is 5.75 Å². The van der Waals surface area contributed by atoms with Gasteiger partial charge >= 0.3 is 0 Å². The molecule has 0 atom stereocenters. The molecule has 3 rings (SSSR count). The molecule has 0 saturated heterocycles. The summed E-state index contributed by atoms with van der Waals surface area (Å²) >= 11 is 0. The number of rotatable bonds is 3. The van der Waals surface area contributed by atoms with E-state index in [2.05, 4.69) is 12.1 Å². The Labute approximate surface area is 101 Å². The predicted octanol–water partition coefficient (Wildman–Crippen LogP) is 3.48. The number of nitrogens with two attached hydrogens (primary N) is 1. The van der Waals surface area contributed by atoms with E-state index >= 15 is 0 Å². The summed E-state index contributed by atoms with van der Waals surface area (Å²) in [6.07, 6.45) is 2.81. The highest BCUT2D eigenvalue weighted by Gasteiger charge is 2.23. The average Bonchev–Trinajstić information content (AvgIpc) is 3.14. The first-order chi connectivity index (χ1) is 8.31. The van der Waals surface area contributed by atoms with Crippen LogP contribution in [0.15, 0.2) is 48.5 Å². The summed E-state index contributed by atoms with van der Waals surface area (Å²) in [5, 5.41) is 0. The van der Waals surface area contributed by atoms with Crippen molar-refractivity contribution in [2.45, 2.75) is 18.9 Å². The standard InChI is InChI=1S/C15H15NO/c16-13-6-4-11(5-7-13)12-2-1-3-15(10-12)17-14-8-9-14/h1-7,10,14H,8-9,16H2. The molecule has 2 aromatic rings. The monoisotopic (exact) mass is 225 g/mol. The second kappa shape index (κ2) is 4.13. The third-order valence-corrected chi connectivity index (χ3v) is 2.91. The van der Waals surface area contributed by atoms with Gasteiger partial charge < -0.3 is 10.5 Å². The first-order valence-corrected chi connectivity index (χ1v) is 5.94. The van der Waals surface area contributed by atoms with Crippen molar-refractivity contribution in [3.05, 3.63) is 48.5 Å². The van der Waals surface area contributed by atoms with Gasteiger partial charge in [-0.25, -0.2) is 0 Å². The van der Waals surface area contributed by atoms with Crippen molar-refractivity contribution >= 4 is 5.69 Å². The SMILES string of the molecule is Nc1ccc(-c2cccc(OC3CC3)c2)cc1. The molecule has 86 valence electrons. The first-order valence-electron chi connectivity index (χ1n) is 5.94. The fraction of sp³-hybridized carbons (Fsp3) is 0.200. The van der Waals surface area contributed by atoms with E-state index < -0.39 is 0 Å². The molecule has 0 unspecified atom stereocenters. The van der Waals surface area contributed by atoms with Crippen LogP contribution in [0.25, 0.3) is 11.1 Å². The maximum atomic E-state index is 5.79. The predicted molar refractivity (Wildman–Crippen MR) is 69.9 cm³/mol. The molecule has 0 spiro atoms. The Kier molecular flexibility index (Phi) is 2.48. The highest BCUT2D eigenvalue weighted by molar-refractivity contribution is 5.66. The number of ether oxygens (including phenoxy) is 1. The van der Waals surface area contributed by atoms with Gasteiger partial charge in [0.25, 0.3) is 0 Å². The van der Waals surface area contributed by atoms with Gasteiger partial charge in [0, 0.05) is 5.69 Å². The van der Waals surface area contributed by atoms with E-state index in [1.165, 1.54) is 24.0 Å². The van der Waals surface area contributed by atoms with Gasteiger partial charge in [-0.3, -0.25) is 0 Å². The Morgan fingerprint density at radius 2 is 1.71 bits per heavy atom. The number of nitrogen functional groups attached to an aromatic ring is 1. The van der Waals surface area contributed by atoms with E-state index in [1.54, 1.807) is 0 Å². The van der Waals surface area contributed by atoms with Gasteiger partial charge in [-0.15, -0.1) is 0 Å². The maximum absolute atomic E-state index is 5.79. The van der Waals surface area contributed by atoms with E-state index in [0.717, 1.165) is 11.4 Å². The summed E-state index contributed by atoms with van der Waals surface area (Å²) in [6, 6.07) is 16.1. The molecule has 0 aliphatic heterocycles. The lowest BCUT2D eigenvalue weighted by atomic mass is 10.1. The van der Waals surface area contributed by atoms with Gasteiger partial charge in [0.1, 0.15) is 5.75 Å². The lowest BCUT2D eigenvalue weighted by Gasteiger charge is -2.07. The second-order valence-corrected chi connectivity index (χ2v) is 4.47. The molecule has 17 heavy (non-hydrogen) atoms. The van der Waals surface area contributed by atoms with Crippen LogP contribution in [0.2, 0.25) is 0 Å². The van der Waals surface area contributed by atoms with Crippen molar-refractivity contribution in [3.63, 3.8) is 0 Å². The topological polar surface area (TPSA) is 35.2 Å². The van der Waals surface area contributed by atoms with Crippen LogP contribution in [0.4, 0.5) is 5.69 Å². The smallest absolute Gasteiger partial charge is 0.120 e. The Morgan fingerprint density at radius 1 is 0.941 bits per heavy atom. The Balaban J connectivity index is 1.88. The van der Waals surface area contributed by atoms with Crippen LogP contribution < -0.4 is 10.5 Å². The van der Waals surface area contributed by atoms with Gasteiger partial charge in [0.15, 0.2) is 0 Å². The van der Waals surface area contributed by atoms with Crippen molar-refractivity contribution < 1.29 is 4.74 Å². The molecule has 0 amide bonds. The van der Waals surface area contributed by atoms with Crippen LogP contribution >= 0.6 is 0 Å². The second-order valence-electron chi connectivity index (χ2n) is 4.47. The summed E-state index contributed by atoms with van der Waals surface area (Å²) in [5.74, 6) is 0.960. The van der Waals surface area contributed by atoms with Crippen LogP contribution in [0.3, 0.4) is 0 Å². The molecule has 0 aromatic heterocycles. The first kappa shape index (κ1) is 10.2. The summed E-state index contributed by atoms with van der Waals surface area (Å²) < 4.78 is 5.79. The minimum Gasteiger partial charge on any atom is -0.490 e. The normalized spacial score (nSPS) is 14.6. The van der Waals surface area contributed by atoms with Crippen molar-refractivity contribution in [3.8, 4) is 16.9 Å². The quantitative estimate of drug-likeness (QED) is 0.812. The minimum atomic E-state index is 0.441.